The van der Waals surface area contributed by atoms with Gasteiger partial charge in [-0.1, -0.05) is 35.3 Å². The molecule has 2 rings (SSSR count). The number of aliphatic hydroxyl groups is 1. The molecule has 0 aromatic heterocycles. The molecule has 0 bridgehead atoms. The summed E-state index contributed by atoms with van der Waals surface area (Å²) in [5, 5.41) is 16.4. The van der Waals surface area contributed by atoms with E-state index in [-0.39, 0.29) is 31.4 Å². The van der Waals surface area contributed by atoms with Gasteiger partial charge in [-0.2, -0.15) is 0 Å². The number of halogens is 4. The highest BCUT2D eigenvalue weighted by Crippen LogP contribution is 2.37. The Labute approximate surface area is 194 Å². The smallest absolute Gasteiger partial charge is 0.180 e. The SMILES string of the molecule is COc1cc(CNCCCNCCO)cc(Cl)c1OCc1ccc(Cl)cc1.Cl.Cl. The largest absolute Gasteiger partial charge is 0.493 e. The van der Waals surface area contributed by atoms with Crippen LogP contribution in [0, 0.1) is 0 Å². The van der Waals surface area contributed by atoms with Crippen LogP contribution in [-0.2, 0) is 13.2 Å². The minimum atomic E-state index is 0. The summed E-state index contributed by atoms with van der Waals surface area (Å²) in [5.74, 6) is 1.14. The minimum absolute atomic E-state index is 0. The van der Waals surface area contributed by atoms with Crippen LogP contribution < -0.4 is 20.1 Å². The highest BCUT2D eigenvalue weighted by Gasteiger charge is 2.12. The molecule has 0 unspecified atom stereocenters. The van der Waals surface area contributed by atoms with Gasteiger partial charge in [-0.25, -0.2) is 0 Å². The van der Waals surface area contributed by atoms with Gasteiger partial charge in [0, 0.05) is 18.1 Å². The second kappa shape index (κ2) is 15.9. The van der Waals surface area contributed by atoms with Gasteiger partial charge < -0.3 is 25.2 Å². The summed E-state index contributed by atoms with van der Waals surface area (Å²) in [6.45, 7) is 3.60. The lowest BCUT2D eigenvalue weighted by atomic mass is 10.2. The first kappa shape index (κ1) is 28.1. The van der Waals surface area contributed by atoms with Gasteiger partial charge in [0.05, 0.1) is 18.7 Å². The summed E-state index contributed by atoms with van der Waals surface area (Å²) in [6, 6.07) is 11.3. The Morgan fingerprint density at radius 1 is 0.931 bits per heavy atom. The molecule has 0 spiro atoms. The van der Waals surface area contributed by atoms with Crippen LogP contribution >= 0.6 is 48.0 Å². The monoisotopic (exact) mass is 484 g/mol. The molecule has 9 heteroatoms. The molecular weight excluding hydrogens is 458 g/mol. The number of hydrogen-bond donors (Lipinski definition) is 3. The lowest BCUT2D eigenvalue weighted by Crippen LogP contribution is -2.23. The van der Waals surface area contributed by atoms with Crippen LogP contribution in [0.1, 0.15) is 17.5 Å². The van der Waals surface area contributed by atoms with Gasteiger partial charge in [0.15, 0.2) is 11.5 Å². The van der Waals surface area contributed by atoms with E-state index >= 15 is 0 Å². The van der Waals surface area contributed by atoms with Gasteiger partial charge in [0.1, 0.15) is 6.61 Å². The summed E-state index contributed by atoms with van der Waals surface area (Å²) in [6.07, 6.45) is 0.979. The maximum atomic E-state index is 8.71. The van der Waals surface area contributed by atoms with E-state index in [1.54, 1.807) is 7.11 Å². The number of rotatable bonds is 12. The van der Waals surface area contributed by atoms with Crippen molar-refractivity contribution in [3.63, 3.8) is 0 Å². The first-order valence-corrected chi connectivity index (χ1v) is 9.65. The molecule has 3 N–H and O–H groups in total. The highest BCUT2D eigenvalue weighted by molar-refractivity contribution is 6.32. The van der Waals surface area contributed by atoms with Crippen molar-refractivity contribution in [3.8, 4) is 11.5 Å². The van der Waals surface area contributed by atoms with Gasteiger partial charge in [-0.15, -0.1) is 24.8 Å². The second-order valence-corrected chi connectivity index (χ2v) is 6.87. The van der Waals surface area contributed by atoms with E-state index in [1.165, 1.54) is 0 Å². The van der Waals surface area contributed by atoms with E-state index in [2.05, 4.69) is 10.6 Å². The van der Waals surface area contributed by atoms with E-state index in [0.717, 1.165) is 30.6 Å². The minimum Gasteiger partial charge on any atom is -0.493 e. The predicted molar refractivity (Wildman–Crippen MR) is 125 cm³/mol. The van der Waals surface area contributed by atoms with Gasteiger partial charge in [0.2, 0.25) is 0 Å². The zero-order valence-corrected chi connectivity index (χ0v) is 19.4. The van der Waals surface area contributed by atoms with Gasteiger partial charge >= 0.3 is 0 Å². The number of methoxy groups -OCH3 is 1. The maximum Gasteiger partial charge on any atom is 0.180 e. The fraction of sp³-hybridized carbons (Fsp3) is 0.400. The van der Waals surface area contributed by atoms with Gasteiger partial charge in [-0.3, -0.25) is 0 Å². The summed E-state index contributed by atoms with van der Waals surface area (Å²) < 4.78 is 11.3. The summed E-state index contributed by atoms with van der Waals surface area (Å²) in [4.78, 5) is 0. The van der Waals surface area contributed by atoms with E-state index in [1.807, 2.05) is 36.4 Å². The second-order valence-electron chi connectivity index (χ2n) is 6.03. The van der Waals surface area contributed by atoms with Crippen molar-refractivity contribution in [3.05, 3.63) is 57.6 Å². The summed E-state index contributed by atoms with van der Waals surface area (Å²) >= 11 is 12.3. The molecule has 0 aliphatic carbocycles. The zero-order valence-electron chi connectivity index (χ0n) is 16.2. The number of nitrogens with one attached hydrogen (secondary N) is 2. The number of hydrogen-bond acceptors (Lipinski definition) is 5. The van der Waals surface area contributed by atoms with Crippen LogP contribution in [0.25, 0.3) is 0 Å². The number of benzene rings is 2. The lowest BCUT2D eigenvalue weighted by molar-refractivity contribution is 0.284. The van der Waals surface area contributed by atoms with E-state index in [4.69, 9.17) is 37.8 Å². The third-order valence-electron chi connectivity index (χ3n) is 3.91. The molecule has 0 saturated carbocycles. The van der Waals surface area contributed by atoms with Crippen LogP contribution in [0.5, 0.6) is 11.5 Å². The molecule has 0 saturated heterocycles. The van der Waals surface area contributed by atoms with Crippen molar-refractivity contribution >= 4 is 48.0 Å². The lowest BCUT2D eigenvalue weighted by Gasteiger charge is -2.15. The molecule has 29 heavy (non-hydrogen) atoms. The Hall–Kier alpha value is -0.920. The molecule has 5 nitrogen and oxygen atoms in total. The molecule has 0 aliphatic heterocycles. The van der Waals surface area contributed by atoms with Crippen molar-refractivity contribution in [2.75, 3.05) is 33.4 Å². The molecule has 0 atom stereocenters. The van der Waals surface area contributed by atoms with Gasteiger partial charge in [0.25, 0.3) is 0 Å². The average molecular weight is 486 g/mol. The standard InChI is InChI=1S/C20H26Cl2N2O3.2ClH/c1-26-19-12-16(13-24-8-2-7-23-9-10-25)11-18(22)20(19)27-14-15-3-5-17(21)6-4-15;;/h3-6,11-12,23-25H,2,7-10,13-14H2,1H3;2*1H. The Morgan fingerprint density at radius 3 is 2.28 bits per heavy atom. The van der Waals surface area contributed by atoms with Gasteiger partial charge in [-0.05, 0) is 54.9 Å². The summed E-state index contributed by atoms with van der Waals surface area (Å²) in [5.41, 5.74) is 2.03. The fourth-order valence-corrected chi connectivity index (χ4v) is 2.94. The first-order valence-electron chi connectivity index (χ1n) is 8.90. The molecule has 0 heterocycles. The van der Waals surface area contributed by atoms with Crippen molar-refractivity contribution in [2.45, 2.75) is 19.6 Å². The highest BCUT2D eigenvalue weighted by atomic mass is 35.5. The van der Waals surface area contributed by atoms with E-state index in [0.29, 0.717) is 41.2 Å². The van der Waals surface area contributed by atoms with E-state index in [9.17, 15) is 0 Å². The fourth-order valence-electron chi connectivity index (χ4n) is 2.53. The molecular formula is C20H28Cl4N2O3. The van der Waals surface area contributed by atoms with Crippen molar-refractivity contribution < 1.29 is 14.6 Å². The molecule has 2 aromatic carbocycles. The maximum absolute atomic E-state index is 8.71. The zero-order chi connectivity index (χ0) is 19.5. The van der Waals surface area contributed by atoms with Crippen LogP contribution in [0.3, 0.4) is 0 Å². The molecule has 2 aromatic rings. The third kappa shape index (κ3) is 10.1. The predicted octanol–water partition coefficient (Wildman–Crippen LogP) is 4.49. The average Bonchev–Trinajstić information content (AvgIpc) is 2.67. The van der Waals surface area contributed by atoms with Crippen LogP contribution in [0.15, 0.2) is 36.4 Å². The topological polar surface area (TPSA) is 62.8 Å². The van der Waals surface area contributed by atoms with Crippen molar-refractivity contribution in [2.24, 2.45) is 0 Å². The normalized spacial score (nSPS) is 10.1. The van der Waals surface area contributed by atoms with Crippen LogP contribution in [0.2, 0.25) is 10.0 Å². The Balaban J connectivity index is 0.00000392. The summed E-state index contributed by atoms with van der Waals surface area (Å²) in [7, 11) is 1.60. The molecule has 0 fully saturated rings. The quantitative estimate of drug-likeness (QED) is 0.386. The molecule has 164 valence electrons. The van der Waals surface area contributed by atoms with Crippen molar-refractivity contribution in [1.29, 1.82) is 0 Å². The van der Waals surface area contributed by atoms with Crippen molar-refractivity contribution in [1.82, 2.24) is 10.6 Å². The third-order valence-corrected chi connectivity index (χ3v) is 4.44. The Kier molecular flexibility index (Phi) is 15.4. The molecule has 0 amide bonds. The van der Waals surface area contributed by atoms with Crippen LogP contribution in [0.4, 0.5) is 0 Å². The number of aliphatic hydroxyl groups excluding tert-OH is 1. The number of ether oxygens (including phenoxy) is 2. The van der Waals surface area contributed by atoms with Crippen LogP contribution in [-0.4, -0.2) is 38.5 Å². The Bertz CT molecular complexity index is 703. The molecule has 0 aliphatic rings. The first-order chi connectivity index (χ1) is 13.1. The Morgan fingerprint density at radius 2 is 1.62 bits per heavy atom. The molecule has 0 radical (unpaired) electrons. The van der Waals surface area contributed by atoms with E-state index < -0.39 is 0 Å².